The van der Waals surface area contributed by atoms with Gasteiger partial charge in [-0.3, -0.25) is 4.79 Å². The summed E-state index contributed by atoms with van der Waals surface area (Å²) in [5.74, 6) is -0.0311. The number of hydrogen-bond donors (Lipinski definition) is 1. The molecule has 1 aliphatic heterocycles. The fourth-order valence-electron chi connectivity index (χ4n) is 4.24. The van der Waals surface area contributed by atoms with Crippen molar-refractivity contribution in [2.75, 3.05) is 23.3 Å². The Kier molecular flexibility index (Phi) is 4.72. The Bertz CT molecular complexity index is 826. The molecule has 1 saturated heterocycles. The lowest BCUT2D eigenvalue weighted by Crippen LogP contribution is -2.45. The first-order valence-electron chi connectivity index (χ1n) is 9.92. The second-order valence-electron chi connectivity index (χ2n) is 8.05. The molecule has 1 N–H and O–H groups in total. The first kappa shape index (κ1) is 18.1. The van der Waals surface area contributed by atoms with E-state index in [0.29, 0.717) is 6.04 Å². The Morgan fingerprint density at radius 1 is 1.07 bits per heavy atom. The highest BCUT2D eigenvalue weighted by Gasteiger charge is 2.28. The third-order valence-electron chi connectivity index (χ3n) is 5.55. The minimum atomic E-state index is -0.0311. The molecule has 4 rings (SSSR count). The minimum absolute atomic E-state index is 0.0311. The van der Waals surface area contributed by atoms with Crippen LogP contribution < -0.4 is 10.2 Å². The molecule has 2 fully saturated rings. The van der Waals surface area contributed by atoms with E-state index in [9.17, 15) is 4.79 Å². The highest BCUT2D eigenvalue weighted by molar-refractivity contribution is 6.05. The Hall–Kier alpha value is -2.27. The Balaban J connectivity index is 1.45. The van der Waals surface area contributed by atoms with Crippen molar-refractivity contribution < 1.29 is 9.53 Å². The second kappa shape index (κ2) is 7.04. The monoisotopic (exact) mass is 367 g/mol. The van der Waals surface area contributed by atoms with Gasteiger partial charge in [0, 0.05) is 41.9 Å². The third kappa shape index (κ3) is 3.74. The van der Waals surface area contributed by atoms with E-state index in [2.05, 4.69) is 47.7 Å². The molecule has 0 spiro atoms. The number of carbonyl (C=O) groups excluding carboxylic acids is 1. The summed E-state index contributed by atoms with van der Waals surface area (Å²) in [6, 6.07) is 10.7. The Morgan fingerprint density at radius 2 is 1.70 bits per heavy atom. The molecule has 2 aliphatic rings. The van der Waals surface area contributed by atoms with Crippen LogP contribution in [0, 0.1) is 13.8 Å². The van der Waals surface area contributed by atoms with E-state index in [1.807, 2.05) is 25.1 Å². The number of benzene rings is 1. The molecule has 5 nitrogen and oxygen atoms in total. The van der Waals surface area contributed by atoms with Gasteiger partial charge in [-0.15, -0.1) is 0 Å². The van der Waals surface area contributed by atoms with Gasteiger partial charge in [-0.1, -0.05) is 0 Å². The molecular weight excluding hydrogens is 338 g/mol. The SMILES string of the molecule is Cc1cc(C(=O)Nc2ccc(N3C[C@H](C)O[C@@H](C)C3)cc2)c(C)n1C1CC1. The van der Waals surface area contributed by atoms with Gasteiger partial charge in [-0.25, -0.2) is 0 Å². The fourth-order valence-corrected chi connectivity index (χ4v) is 4.24. The molecule has 1 aromatic carbocycles. The van der Waals surface area contributed by atoms with Crippen LogP contribution in [-0.4, -0.2) is 35.8 Å². The molecule has 2 atom stereocenters. The van der Waals surface area contributed by atoms with Crippen LogP contribution in [0.2, 0.25) is 0 Å². The van der Waals surface area contributed by atoms with Crippen molar-refractivity contribution in [2.45, 2.75) is 58.8 Å². The molecule has 27 heavy (non-hydrogen) atoms. The Labute approximate surface area is 161 Å². The maximum atomic E-state index is 12.8. The second-order valence-corrected chi connectivity index (χ2v) is 8.05. The van der Waals surface area contributed by atoms with Gasteiger partial charge in [-0.05, 0) is 70.9 Å². The summed E-state index contributed by atoms with van der Waals surface area (Å²) in [6.07, 6.45) is 2.90. The smallest absolute Gasteiger partial charge is 0.257 e. The zero-order valence-electron chi connectivity index (χ0n) is 16.7. The quantitative estimate of drug-likeness (QED) is 0.876. The van der Waals surface area contributed by atoms with Crippen molar-refractivity contribution in [1.29, 1.82) is 0 Å². The van der Waals surface area contributed by atoms with Gasteiger partial charge in [0.05, 0.1) is 17.8 Å². The molecule has 1 aromatic heterocycles. The standard InChI is InChI=1S/C22H29N3O2/c1-14-11-21(17(4)25(14)20-9-10-20)22(26)23-18-5-7-19(8-6-18)24-12-15(2)27-16(3)13-24/h5-8,11,15-16,20H,9-10,12-13H2,1-4H3,(H,23,26)/t15-,16-/m0/s1. The largest absolute Gasteiger partial charge is 0.372 e. The molecule has 2 heterocycles. The number of morpholine rings is 1. The average molecular weight is 367 g/mol. The molecule has 1 amide bonds. The van der Waals surface area contributed by atoms with E-state index >= 15 is 0 Å². The predicted octanol–water partition coefficient (Wildman–Crippen LogP) is 4.31. The molecule has 5 heteroatoms. The van der Waals surface area contributed by atoms with Gasteiger partial charge in [0.25, 0.3) is 5.91 Å². The van der Waals surface area contributed by atoms with Gasteiger partial charge in [-0.2, -0.15) is 0 Å². The number of anilines is 2. The van der Waals surface area contributed by atoms with Crippen LogP contribution in [0.1, 0.15) is 54.5 Å². The van der Waals surface area contributed by atoms with Gasteiger partial charge in [0.15, 0.2) is 0 Å². The number of nitrogens with zero attached hydrogens (tertiary/aromatic N) is 2. The van der Waals surface area contributed by atoms with E-state index < -0.39 is 0 Å². The van der Waals surface area contributed by atoms with Gasteiger partial charge >= 0.3 is 0 Å². The number of carbonyl (C=O) groups is 1. The highest BCUT2D eigenvalue weighted by atomic mass is 16.5. The molecule has 144 valence electrons. The summed E-state index contributed by atoms with van der Waals surface area (Å²) < 4.78 is 8.11. The summed E-state index contributed by atoms with van der Waals surface area (Å²) in [7, 11) is 0. The number of amides is 1. The lowest BCUT2D eigenvalue weighted by molar-refractivity contribution is -0.00521. The van der Waals surface area contributed by atoms with Crippen molar-refractivity contribution in [3.8, 4) is 0 Å². The van der Waals surface area contributed by atoms with Crippen LogP contribution >= 0.6 is 0 Å². The molecule has 0 bridgehead atoms. The number of hydrogen-bond acceptors (Lipinski definition) is 3. The van der Waals surface area contributed by atoms with Crippen molar-refractivity contribution >= 4 is 17.3 Å². The number of aryl methyl sites for hydroxylation is 1. The molecule has 2 aromatic rings. The van der Waals surface area contributed by atoms with Crippen LogP contribution in [0.15, 0.2) is 30.3 Å². The van der Waals surface area contributed by atoms with E-state index in [4.69, 9.17) is 4.74 Å². The number of aromatic nitrogens is 1. The summed E-state index contributed by atoms with van der Waals surface area (Å²) in [6.45, 7) is 10.1. The van der Waals surface area contributed by atoms with Gasteiger partial charge in [0.1, 0.15) is 0 Å². The minimum Gasteiger partial charge on any atom is -0.372 e. The molecule has 1 aliphatic carbocycles. The van der Waals surface area contributed by atoms with Crippen LogP contribution in [0.25, 0.3) is 0 Å². The van der Waals surface area contributed by atoms with Crippen molar-refractivity contribution in [3.63, 3.8) is 0 Å². The van der Waals surface area contributed by atoms with Gasteiger partial charge in [0.2, 0.25) is 0 Å². The number of rotatable bonds is 4. The van der Waals surface area contributed by atoms with Crippen LogP contribution in [0.3, 0.4) is 0 Å². The van der Waals surface area contributed by atoms with E-state index in [1.54, 1.807) is 0 Å². The van der Waals surface area contributed by atoms with E-state index in [0.717, 1.165) is 30.0 Å². The molecule has 0 radical (unpaired) electrons. The molecule has 1 saturated carbocycles. The van der Waals surface area contributed by atoms with E-state index in [1.165, 1.54) is 24.2 Å². The number of ether oxygens (including phenoxy) is 1. The summed E-state index contributed by atoms with van der Waals surface area (Å²) in [4.78, 5) is 15.1. The highest BCUT2D eigenvalue weighted by Crippen LogP contribution is 2.38. The van der Waals surface area contributed by atoms with Crippen molar-refractivity contribution in [1.82, 2.24) is 4.57 Å². The van der Waals surface area contributed by atoms with Crippen LogP contribution in [0.5, 0.6) is 0 Å². The van der Waals surface area contributed by atoms with Gasteiger partial charge < -0.3 is 19.5 Å². The maximum absolute atomic E-state index is 12.8. The summed E-state index contributed by atoms with van der Waals surface area (Å²) >= 11 is 0. The lowest BCUT2D eigenvalue weighted by Gasteiger charge is -2.36. The first-order chi connectivity index (χ1) is 12.9. The normalized spacial score (nSPS) is 22.7. The average Bonchev–Trinajstić information content (AvgIpc) is 3.39. The first-order valence-corrected chi connectivity index (χ1v) is 9.92. The predicted molar refractivity (Wildman–Crippen MR) is 109 cm³/mol. The fraction of sp³-hybridized carbons (Fsp3) is 0.500. The topological polar surface area (TPSA) is 46.5 Å². The summed E-state index contributed by atoms with van der Waals surface area (Å²) in [5.41, 5.74) is 5.02. The van der Waals surface area contributed by atoms with Crippen LogP contribution in [-0.2, 0) is 4.74 Å². The Morgan fingerprint density at radius 3 is 2.30 bits per heavy atom. The zero-order valence-corrected chi connectivity index (χ0v) is 16.7. The third-order valence-corrected chi connectivity index (χ3v) is 5.55. The maximum Gasteiger partial charge on any atom is 0.257 e. The van der Waals surface area contributed by atoms with E-state index in [-0.39, 0.29) is 18.1 Å². The lowest BCUT2D eigenvalue weighted by atomic mass is 10.2. The zero-order chi connectivity index (χ0) is 19.1. The number of nitrogens with one attached hydrogen (secondary N) is 1. The van der Waals surface area contributed by atoms with Crippen molar-refractivity contribution in [2.24, 2.45) is 0 Å². The van der Waals surface area contributed by atoms with Crippen molar-refractivity contribution in [3.05, 3.63) is 47.3 Å². The summed E-state index contributed by atoms with van der Waals surface area (Å²) in [5, 5.41) is 3.05. The van der Waals surface area contributed by atoms with Crippen LogP contribution in [0.4, 0.5) is 11.4 Å². The molecule has 0 unspecified atom stereocenters. The molecular formula is C22H29N3O2.